The summed E-state index contributed by atoms with van der Waals surface area (Å²) < 4.78 is 41.0. The van der Waals surface area contributed by atoms with Crippen LogP contribution in [0.1, 0.15) is 45.2 Å². The van der Waals surface area contributed by atoms with Gasteiger partial charge in [0.1, 0.15) is 24.0 Å². The van der Waals surface area contributed by atoms with Gasteiger partial charge in [-0.2, -0.15) is 9.61 Å². The van der Waals surface area contributed by atoms with E-state index in [1.807, 2.05) is 37.3 Å². The Morgan fingerprint density at radius 1 is 1.15 bits per heavy atom. The summed E-state index contributed by atoms with van der Waals surface area (Å²) in [5, 5.41) is 7.60. The number of nitrogens with one attached hydrogen (secondary N) is 1. The lowest BCUT2D eigenvalue weighted by molar-refractivity contribution is 0.0926. The van der Waals surface area contributed by atoms with E-state index < -0.39 is 11.6 Å². The number of aryl methyl sites for hydroxylation is 2. The van der Waals surface area contributed by atoms with Gasteiger partial charge < -0.3 is 14.8 Å². The van der Waals surface area contributed by atoms with Gasteiger partial charge in [0.15, 0.2) is 0 Å². The summed E-state index contributed by atoms with van der Waals surface area (Å²) in [6, 6.07) is 14.7. The zero-order chi connectivity index (χ0) is 23.8. The van der Waals surface area contributed by atoms with Crippen molar-refractivity contribution in [2.45, 2.75) is 32.9 Å². The van der Waals surface area contributed by atoms with Gasteiger partial charge in [-0.15, -0.1) is 0 Å². The third kappa shape index (κ3) is 3.96. The Labute approximate surface area is 195 Å². The third-order valence-electron chi connectivity index (χ3n) is 5.94. The molecule has 174 valence electrons. The summed E-state index contributed by atoms with van der Waals surface area (Å²) in [6.07, 6.45) is 0.655. The lowest BCUT2D eigenvalue weighted by atomic mass is 10.00. The van der Waals surface area contributed by atoms with Crippen LogP contribution in [0.3, 0.4) is 0 Å². The summed E-state index contributed by atoms with van der Waals surface area (Å²) in [5.41, 5.74) is 3.08. The number of nitrogens with zero attached hydrogens (tertiary/aromatic N) is 2. The van der Waals surface area contributed by atoms with Crippen molar-refractivity contribution in [1.82, 2.24) is 14.9 Å². The number of aromatic nitrogens is 2. The van der Waals surface area contributed by atoms with Crippen molar-refractivity contribution in [3.63, 3.8) is 0 Å². The highest BCUT2D eigenvalue weighted by Crippen LogP contribution is 2.32. The maximum absolute atomic E-state index is 14.0. The molecule has 1 aliphatic rings. The number of halogens is 2. The van der Waals surface area contributed by atoms with Crippen LogP contribution in [0.2, 0.25) is 0 Å². The fourth-order valence-corrected chi connectivity index (χ4v) is 4.28. The fourth-order valence-electron chi connectivity index (χ4n) is 4.28. The molecule has 0 bridgehead atoms. The van der Waals surface area contributed by atoms with Crippen molar-refractivity contribution >= 4 is 11.4 Å². The second-order valence-electron chi connectivity index (χ2n) is 8.32. The highest BCUT2D eigenvalue weighted by atomic mass is 19.1. The SMILES string of the molecule is Cc1cc(OCc2c(F)cccc2F)n2nc(C)c(C(=O)NC3CCOc4ccccc43)c2c1. The number of hydrogen-bond acceptors (Lipinski definition) is 4. The standard InChI is InChI=1S/C26H23F2N3O3/c1-15-12-22-25(26(32)29-21-10-11-33-23-9-4-3-6-17(21)23)16(2)30-31(22)24(13-15)34-14-18-19(27)7-5-8-20(18)28/h3-9,12-13,21H,10-11,14H2,1-2H3,(H,29,32). The molecule has 8 heteroatoms. The van der Waals surface area contributed by atoms with Gasteiger partial charge in [-0.3, -0.25) is 4.79 Å². The van der Waals surface area contributed by atoms with E-state index in [-0.39, 0.29) is 30.0 Å². The molecule has 5 rings (SSSR count). The number of para-hydroxylation sites is 1. The van der Waals surface area contributed by atoms with E-state index in [0.717, 1.165) is 16.9 Å². The van der Waals surface area contributed by atoms with Crippen molar-refractivity contribution in [3.05, 3.63) is 94.2 Å². The minimum absolute atomic E-state index is 0.169. The van der Waals surface area contributed by atoms with E-state index in [9.17, 15) is 13.6 Å². The van der Waals surface area contributed by atoms with Gasteiger partial charge in [0.05, 0.1) is 35.0 Å². The molecule has 1 amide bonds. The van der Waals surface area contributed by atoms with Crippen molar-refractivity contribution in [2.75, 3.05) is 6.61 Å². The number of hydrogen-bond donors (Lipinski definition) is 1. The van der Waals surface area contributed by atoms with Crippen LogP contribution in [0.4, 0.5) is 8.78 Å². The number of amides is 1. The second-order valence-corrected chi connectivity index (χ2v) is 8.32. The second kappa shape index (κ2) is 8.78. The Kier molecular flexibility index (Phi) is 5.65. The molecule has 6 nitrogen and oxygen atoms in total. The average Bonchev–Trinajstić information content (AvgIpc) is 3.14. The molecular weight excluding hydrogens is 440 g/mol. The zero-order valence-corrected chi connectivity index (χ0v) is 18.8. The molecule has 1 N–H and O–H groups in total. The third-order valence-corrected chi connectivity index (χ3v) is 5.94. The Morgan fingerprint density at radius 2 is 1.91 bits per heavy atom. The zero-order valence-electron chi connectivity index (χ0n) is 18.8. The molecule has 2 aromatic carbocycles. The van der Waals surface area contributed by atoms with Crippen LogP contribution in [0.15, 0.2) is 54.6 Å². The van der Waals surface area contributed by atoms with Crippen LogP contribution < -0.4 is 14.8 Å². The predicted octanol–water partition coefficient (Wildman–Crippen LogP) is 5.06. The van der Waals surface area contributed by atoms with Gasteiger partial charge in [-0.25, -0.2) is 8.78 Å². The summed E-state index contributed by atoms with van der Waals surface area (Å²) in [4.78, 5) is 13.4. The highest BCUT2D eigenvalue weighted by molar-refractivity contribution is 6.02. The minimum atomic E-state index is -0.683. The van der Waals surface area contributed by atoms with E-state index >= 15 is 0 Å². The minimum Gasteiger partial charge on any atom is -0.493 e. The first-order valence-corrected chi connectivity index (χ1v) is 11.0. The molecule has 3 heterocycles. The number of fused-ring (bicyclic) bond motifs is 2. The van der Waals surface area contributed by atoms with E-state index in [1.165, 1.54) is 22.7 Å². The highest BCUT2D eigenvalue weighted by Gasteiger charge is 2.26. The summed E-state index contributed by atoms with van der Waals surface area (Å²) in [7, 11) is 0. The predicted molar refractivity (Wildman–Crippen MR) is 122 cm³/mol. The van der Waals surface area contributed by atoms with Crippen LogP contribution in [-0.2, 0) is 6.61 Å². The molecule has 34 heavy (non-hydrogen) atoms. The van der Waals surface area contributed by atoms with Crippen molar-refractivity contribution in [2.24, 2.45) is 0 Å². The van der Waals surface area contributed by atoms with Gasteiger partial charge in [0.2, 0.25) is 5.88 Å². The monoisotopic (exact) mass is 463 g/mol. The Hall–Kier alpha value is -3.94. The van der Waals surface area contributed by atoms with E-state index in [4.69, 9.17) is 9.47 Å². The Morgan fingerprint density at radius 3 is 2.71 bits per heavy atom. The summed E-state index contributed by atoms with van der Waals surface area (Å²) in [6.45, 7) is 3.81. The Bertz CT molecular complexity index is 1380. The molecule has 0 aliphatic carbocycles. The molecule has 0 saturated heterocycles. The topological polar surface area (TPSA) is 64.9 Å². The smallest absolute Gasteiger partial charge is 0.255 e. The summed E-state index contributed by atoms with van der Waals surface area (Å²) >= 11 is 0. The molecule has 4 aromatic rings. The molecule has 0 radical (unpaired) electrons. The van der Waals surface area contributed by atoms with Crippen LogP contribution in [0.25, 0.3) is 5.52 Å². The molecule has 1 unspecified atom stereocenters. The van der Waals surface area contributed by atoms with Gasteiger partial charge in [0.25, 0.3) is 5.91 Å². The van der Waals surface area contributed by atoms with Gasteiger partial charge in [-0.1, -0.05) is 24.3 Å². The van der Waals surface area contributed by atoms with E-state index in [2.05, 4.69) is 10.4 Å². The van der Waals surface area contributed by atoms with Gasteiger partial charge >= 0.3 is 0 Å². The summed E-state index contributed by atoms with van der Waals surface area (Å²) in [5.74, 6) is -0.570. The average molecular weight is 463 g/mol. The van der Waals surface area contributed by atoms with Gasteiger partial charge in [0, 0.05) is 18.1 Å². The number of carbonyl (C=O) groups is 1. The maximum Gasteiger partial charge on any atom is 0.255 e. The molecule has 0 spiro atoms. The first-order valence-electron chi connectivity index (χ1n) is 11.0. The van der Waals surface area contributed by atoms with Crippen LogP contribution in [-0.4, -0.2) is 22.1 Å². The molecule has 0 saturated carbocycles. The fraction of sp³-hybridized carbons (Fsp3) is 0.231. The quantitative estimate of drug-likeness (QED) is 0.449. The van der Waals surface area contributed by atoms with E-state index in [1.54, 1.807) is 13.0 Å². The van der Waals surface area contributed by atoms with Crippen molar-refractivity contribution in [1.29, 1.82) is 0 Å². The van der Waals surface area contributed by atoms with Crippen molar-refractivity contribution in [3.8, 4) is 11.6 Å². The number of benzene rings is 2. The lowest BCUT2D eigenvalue weighted by Crippen LogP contribution is -2.32. The van der Waals surface area contributed by atoms with Crippen LogP contribution in [0.5, 0.6) is 11.6 Å². The normalized spacial score (nSPS) is 15.0. The lowest BCUT2D eigenvalue weighted by Gasteiger charge is -2.26. The number of ether oxygens (including phenoxy) is 2. The molecule has 0 fully saturated rings. The number of rotatable bonds is 5. The number of carbonyl (C=O) groups excluding carboxylic acids is 1. The number of pyridine rings is 1. The largest absolute Gasteiger partial charge is 0.493 e. The van der Waals surface area contributed by atoms with Crippen LogP contribution in [0, 0.1) is 25.5 Å². The molecule has 1 aliphatic heterocycles. The Balaban J connectivity index is 1.46. The van der Waals surface area contributed by atoms with E-state index in [0.29, 0.717) is 29.8 Å². The molecule has 2 aromatic heterocycles. The van der Waals surface area contributed by atoms with Crippen molar-refractivity contribution < 1.29 is 23.0 Å². The first-order chi connectivity index (χ1) is 16.4. The molecular formula is C26H23F2N3O3. The molecule has 1 atom stereocenters. The first kappa shape index (κ1) is 21.9. The maximum atomic E-state index is 14.0. The van der Waals surface area contributed by atoms with Gasteiger partial charge in [-0.05, 0) is 43.7 Å². The van der Waals surface area contributed by atoms with Crippen LogP contribution >= 0.6 is 0 Å².